The number of ether oxygens (including phenoxy) is 1. The lowest BCUT2D eigenvalue weighted by Gasteiger charge is -2.16. The third-order valence-electron chi connectivity index (χ3n) is 2.60. The van der Waals surface area contributed by atoms with E-state index in [2.05, 4.69) is 24.0 Å². The molecule has 2 nitrogen and oxygen atoms in total. The fourth-order valence-electron chi connectivity index (χ4n) is 1.93. The maximum Gasteiger partial charge on any atom is 0.0620 e. The normalized spacial score (nSPS) is 42.2. The molecule has 0 amide bonds. The monoisotopic (exact) mass is 187 g/mol. The Morgan fingerprint density at radius 3 is 2.92 bits per heavy atom. The van der Waals surface area contributed by atoms with Crippen LogP contribution in [0.1, 0.15) is 19.8 Å². The van der Waals surface area contributed by atoms with Crippen molar-refractivity contribution in [3.63, 3.8) is 0 Å². The molecule has 70 valence electrons. The average molecular weight is 187 g/mol. The Morgan fingerprint density at radius 1 is 1.42 bits per heavy atom. The number of nitrogens with one attached hydrogen (secondary N) is 1. The van der Waals surface area contributed by atoms with E-state index in [1.54, 1.807) is 0 Å². The van der Waals surface area contributed by atoms with Crippen molar-refractivity contribution in [1.82, 2.24) is 5.32 Å². The van der Waals surface area contributed by atoms with Gasteiger partial charge in [-0.25, -0.2) is 0 Å². The molecule has 2 saturated heterocycles. The second-order valence-electron chi connectivity index (χ2n) is 3.80. The van der Waals surface area contributed by atoms with Crippen LogP contribution in [0.4, 0.5) is 0 Å². The van der Waals surface area contributed by atoms with E-state index in [0.29, 0.717) is 6.04 Å². The van der Waals surface area contributed by atoms with Gasteiger partial charge < -0.3 is 10.1 Å². The molecule has 2 fully saturated rings. The molecule has 0 aromatic carbocycles. The summed E-state index contributed by atoms with van der Waals surface area (Å²) >= 11 is 2.09. The Balaban J connectivity index is 1.72. The highest BCUT2D eigenvalue weighted by molar-refractivity contribution is 8.00. The van der Waals surface area contributed by atoms with E-state index in [9.17, 15) is 0 Å². The van der Waals surface area contributed by atoms with Gasteiger partial charge in [0.1, 0.15) is 0 Å². The lowest BCUT2D eigenvalue weighted by Crippen LogP contribution is -2.38. The lowest BCUT2D eigenvalue weighted by molar-refractivity contribution is 0.188. The molecule has 2 heterocycles. The summed E-state index contributed by atoms with van der Waals surface area (Å²) in [6, 6.07) is 1.39. The summed E-state index contributed by atoms with van der Waals surface area (Å²) < 4.78 is 5.32. The maximum atomic E-state index is 5.32. The molecule has 0 radical (unpaired) electrons. The van der Waals surface area contributed by atoms with Crippen molar-refractivity contribution < 1.29 is 4.74 Å². The Bertz CT molecular complexity index is 147. The van der Waals surface area contributed by atoms with Crippen molar-refractivity contribution in [3.05, 3.63) is 0 Å². The maximum absolute atomic E-state index is 5.32. The van der Waals surface area contributed by atoms with Gasteiger partial charge in [-0.2, -0.15) is 11.8 Å². The number of hydrogen-bond acceptors (Lipinski definition) is 3. The fraction of sp³-hybridized carbons (Fsp3) is 1.00. The molecular formula is C9H17NOS. The first-order valence-electron chi connectivity index (χ1n) is 4.80. The van der Waals surface area contributed by atoms with Crippen LogP contribution in [0.2, 0.25) is 0 Å². The van der Waals surface area contributed by atoms with Crippen molar-refractivity contribution in [2.75, 3.05) is 19.0 Å². The van der Waals surface area contributed by atoms with Crippen LogP contribution in [0, 0.1) is 0 Å². The quantitative estimate of drug-likeness (QED) is 0.703. The summed E-state index contributed by atoms with van der Waals surface area (Å²) in [5.74, 6) is 1.29. The summed E-state index contributed by atoms with van der Waals surface area (Å²) in [5.41, 5.74) is 0. The largest absolute Gasteiger partial charge is 0.380 e. The van der Waals surface area contributed by atoms with Crippen molar-refractivity contribution in [2.45, 2.75) is 37.1 Å². The van der Waals surface area contributed by atoms with Crippen LogP contribution in [0.5, 0.6) is 0 Å². The van der Waals surface area contributed by atoms with E-state index in [1.165, 1.54) is 18.6 Å². The molecule has 2 aliphatic heterocycles. The summed E-state index contributed by atoms with van der Waals surface area (Å²) in [4.78, 5) is 0. The summed E-state index contributed by atoms with van der Waals surface area (Å²) in [5, 5.41) is 4.51. The molecule has 2 aliphatic rings. The smallest absolute Gasteiger partial charge is 0.0620 e. The van der Waals surface area contributed by atoms with Crippen LogP contribution >= 0.6 is 11.8 Å². The molecule has 1 N–H and O–H groups in total. The SMILES string of the molecule is CC1CC(NC2CCOC2)CS1. The summed E-state index contributed by atoms with van der Waals surface area (Å²) in [7, 11) is 0. The van der Waals surface area contributed by atoms with Crippen LogP contribution < -0.4 is 5.32 Å². The zero-order chi connectivity index (χ0) is 8.39. The second-order valence-corrected chi connectivity index (χ2v) is 5.28. The van der Waals surface area contributed by atoms with Crippen LogP contribution in [-0.4, -0.2) is 36.3 Å². The minimum absolute atomic E-state index is 0.640. The first-order chi connectivity index (χ1) is 5.84. The van der Waals surface area contributed by atoms with Crippen LogP contribution in [0.25, 0.3) is 0 Å². The zero-order valence-electron chi connectivity index (χ0n) is 7.58. The Labute approximate surface area is 78.4 Å². The average Bonchev–Trinajstić information content (AvgIpc) is 2.63. The van der Waals surface area contributed by atoms with Gasteiger partial charge in [-0.05, 0) is 12.8 Å². The van der Waals surface area contributed by atoms with Crippen molar-refractivity contribution in [3.8, 4) is 0 Å². The van der Waals surface area contributed by atoms with Gasteiger partial charge >= 0.3 is 0 Å². The van der Waals surface area contributed by atoms with Gasteiger partial charge in [-0.1, -0.05) is 6.92 Å². The van der Waals surface area contributed by atoms with Gasteiger partial charge in [-0.15, -0.1) is 0 Å². The zero-order valence-corrected chi connectivity index (χ0v) is 8.40. The van der Waals surface area contributed by atoms with Crippen molar-refractivity contribution in [2.24, 2.45) is 0 Å². The minimum Gasteiger partial charge on any atom is -0.380 e. The van der Waals surface area contributed by atoms with Gasteiger partial charge in [0.25, 0.3) is 0 Å². The first-order valence-corrected chi connectivity index (χ1v) is 5.85. The molecule has 12 heavy (non-hydrogen) atoms. The van der Waals surface area contributed by atoms with Gasteiger partial charge in [0, 0.05) is 29.7 Å². The molecule has 3 unspecified atom stereocenters. The molecule has 3 heteroatoms. The summed E-state index contributed by atoms with van der Waals surface area (Å²) in [6.07, 6.45) is 2.54. The first kappa shape index (κ1) is 8.85. The van der Waals surface area contributed by atoms with Crippen LogP contribution in [0.15, 0.2) is 0 Å². The van der Waals surface area contributed by atoms with E-state index in [4.69, 9.17) is 4.74 Å². The fourth-order valence-corrected chi connectivity index (χ4v) is 3.09. The van der Waals surface area contributed by atoms with Crippen LogP contribution in [-0.2, 0) is 4.74 Å². The second kappa shape index (κ2) is 3.99. The predicted molar refractivity (Wildman–Crippen MR) is 52.7 cm³/mol. The third-order valence-corrected chi connectivity index (χ3v) is 3.96. The van der Waals surface area contributed by atoms with E-state index in [-0.39, 0.29) is 0 Å². The highest BCUT2D eigenvalue weighted by atomic mass is 32.2. The molecule has 0 spiro atoms. The topological polar surface area (TPSA) is 21.3 Å². The number of rotatable bonds is 2. The number of thioether (sulfide) groups is 1. The van der Waals surface area contributed by atoms with E-state index in [0.717, 1.165) is 24.5 Å². The molecule has 2 rings (SSSR count). The van der Waals surface area contributed by atoms with Gasteiger partial charge in [-0.3, -0.25) is 0 Å². The lowest BCUT2D eigenvalue weighted by atomic mass is 10.1. The molecule has 0 bridgehead atoms. The number of hydrogen-bond donors (Lipinski definition) is 1. The van der Waals surface area contributed by atoms with Crippen molar-refractivity contribution in [1.29, 1.82) is 0 Å². The molecule has 0 aliphatic carbocycles. The van der Waals surface area contributed by atoms with E-state index in [1.807, 2.05) is 0 Å². The third kappa shape index (κ3) is 2.15. The Kier molecular flexibility index (Phi) is 2.94. The predicted octanol–water partition coefficient (Wildman–Crippen LogP) is 1.26. The molecule has 0 aromatic rings. The summed E-state index contributed by atoms with van der Waals surface area (Å²) in [6.45, 7) is 4.19. The Morgan fingerprint density at radius 2 is 2.33 bits per heavy atom. The molecule has 0 saturated carbocycles. The Hall–Kier alpha value is 0.270. The van der Waals surface area contributed by atoms with Gasteiger partial charge in [0.05, 0.1) is 6.61 Å². The standard InChI is InChI=1S/C9H17NOS/c1-7-4-9(6-12-7)10-8-2-3-11-5-8/h7-10H,2-6H2,1H3. The van der Waals surface area contributed by atoms with E-state index < -0.39 is 0 Å². The molecule has 0 aromatic heterocycles. The highest BCUT2D eigenvalue weighted by Gasteiger charge is 2.25. The van der Waals surface area contributed by atoms with Crippen molar-refractivity contribution >= 4 is 11.8 Å². The minimum atomic E-state index is 0.640. The van der Waals surface area contributed by atoms with Crippen LogP contribution in [0.3, 0.4) is 0 Å². The van der Waals surface area contributed by atoms with Gasteiger partial charge in [0.15, 0.2) is 0 Å². The highest BCUT2D eigenvalue weighted by Crippen LogP contribution is 2.26. The van der Waals surface area contributed by atoms with Gasteiger partial charge in [0.2, 0.25) is 0 Å². The van der Waals surface area contributed by atoms with E-state index >= 15 is 0 Å². The molecule has 3 atom stereocenters. The molecular weight excluding hydrogens is 170 g/mol.